The fraction of sp³-hybridized carbons (Fsp3) is 0.263. The van der Waals surface area contributed by atoms with Gasteiger partial charge in [-0.1, -0.05) is 11.2 Å². The molecule has 0 aliphatic carbocycles. The molecule has 2 rings (SSSR count). The van der Waals surface area contributed by atoms with Crippen LogP contribution in [0.15, 0.2) is 41.6 Å². The Morgan fingerprint density at radius 2 is 1.80 bits per heavy atom. The van der Waals surface area contributed by atoms with Crippen LogP contribution < -0.4 is 14.2 Å². The number of ketones is 1. The SMILES string of the molecule is COc1ccc(C(C)=O)cc1CO/N=C/c1cccc(OC)c1OC. The van der Waals surface area contributed by atoms with E-state index in [0.29, 0.717) is 22.8 Å². The zero-order valence-corrected chi connectivity index (χ0v) is 14.7. The largest absolute Gasteiger partial charge is 0.496 e. The maximum Gasteiger partial charge on any atom is 0.169 e. The zero-order chi connectivity index (χ0) is 18.2. The van der Waals surface area contributed by atoms with E-state index in [0.717, 1.165) is 11.1 Å². The Balaban J connectivity index is 2.12. The van der Waals surface area contributed by atoms with Gasteiger partial charge in [0.1, 0.15) is 12.4 Å². The number of ether oxygens (including phenoxy) is 3. The molecule has 132 valence electrons. The highest BCUT2D eigenvalue weighted by atomic mass is 16.6. The van der Waals surface area contributed by atoms with Gasteiger partial charge in [0, 0.05) is 16.7 Å². The number of carbonyl (C=O) groups excluding carboxylic acids is 1. The topological polar surface area (TPSA) is 66.4 Å². The van der Waals surface area contributed by atoms with E-state index in [2.05, 4.69) is 5.16 Å². The summed E-state index contributed by atoms with van der Waals surface area (Å²) in [6, 6.07) is 10.7. The molecule has 0 aliphatic heterocycles. The summed E-state index contributed by atoms with van der Waals surface area (Å²) in [5.41, 5.74) is 2.06. The van der Waals surface area contributed by atoms with Crippen LogP contribution in [0.1, 0.15) is 28.4 Å². The summed E-state index contributed by atoms with van der Waals surface area (Å²) in [5, 5.41) is 3.97. The van der Waals surface area contributed by atoms with E-state index >= 15 is 0 Å². The standard InChI is InChI=1S/C19H21NO5/c1-13(21)14-8-9-17(22-2)16(10-14)12-25-20-11-15-6-5-7-18(23-3)19(15)24-4/h5-11H,12H2,1-4H3/b20-11+. The van der Waals surface area contributed by atoms with Crippen LogP contribution >= 0.6 is 0 Å². The number of rotatable bonds is 8. The van der Waals surface area contributed by atoms with Crippen LogP contribution in [0, 0.1) is 0 Å². The van der Waals surface area contributed by atoms with Crippen LogP contribution in [0.4, 0.5) is 0 Å². The molecule has 0 saturated heterocycles. The lowest BCUT2D eigenvalue weighted by atomic mass is 10.1. The van der Waals surface area contributed by atoms with E-state index < -0.39 is 0 Å². The Labute approximate surface area is 147 Å². The normalized spacial score (nSPS) is 10.6. The van der Waals surface area contributed by atoms with E-state index in [1.165, 1.54) is 6.92 Å². The average Bonchev–Trinajstić information content (AvgIpc) is 2.64. The Morgan fingerprint density at radius 1 is 1.04 bits per heavy atom. The third-order valence-electron chi connectivity index (χ3n) is 3.61. The second-order valence-corrected chi connectivity index (χ2v) is 5.17. The van der Waals surface area contributed by atoms with Crippen LogP contribution in [0.3, 0.4) is 0 Å². The van der Waals surface area contributed by atoms with Gasteiger partial charge in [0.2, 0.25) is 0 Å². The Bertz CT molecular complexity index is 770. The summed E-state index contributed by atoms with van der Waals surface area (Å²) in [6.07, 6.45) is 1.54. The van der Waals surface area contributed by atoms with Gasteiger partial charge in [-0.25, -0.2) is 0 Å². The summed E-state index contributed by atoms with van der Waals surface area (Å²) in [7, 11) is 4.70. The Hall–Kier alpha value is -3.02. The lowest BCUT2D eigenvalue weighted by Crippen LogP contribution is -1.99. The van der Waals surface area contributed by atoms with E-state index in [1.54, 1.807) is 51.8 Å². The molecule has 0 fully saturated rings. The third kappa shape index (κ3) is 4.50. The molecule has 0 N–H and O–H groups in total. The maximum atomic E-state index is 11.5. The predicted octanol–water partition coefficient (Wildman–Crippen LogP) is 3.47. The minimum Gasteiger partial charge on any atom is -0.496 e. The molecule has 0 unspecified atom stereocenters. The Kier molecular flexibility index (Phi) is 6.39. The van der Waals surface area contributed by atoms with E-state index in [9.17, 15) is 4.79 Å². The number of para-hydroxylation sites is 1. The molecule has 0 aliphatic rings. The van der Waals surface area contributed by atoms with Crippen molar-refractivity contribution in [1.82, 2.24) is 0 Å². The first kappa shape index (κ1) is 18.3. The highest BCUT2D eigenvalue weighted by molar-refractivity contribution is 5.94. The molecule has 0 aromatic heterocycles. The molecule has 0 spiro atoms. The zero-order valence-electron chi connectivity index (χ0n) is 14.7. The minimum absolute atomic E-state index is 0.0199. The molecule has 0 amide bonds. The van der Waals surface area contributed by atoms with Gasteiger partial charge >= 0.3 is 0 Å². The van der Waals surface area contributed by atoms with Crippen LogP contribution in [0.5, 0.6) is 17.2 Å². The van der Waals surface area contributed by atoms with Crippen molar-refractivity contribution in [3.8, 4) is 17.2 Å². The monoisotopic (exact) mass is 343 g/mol. The molecule has 0 atom stereocenters. The number of Topliss-reactive ketones (excluding diaryl/α,β-unsaturated/α-hetero) is 1. The summed E-state index contributed by atoms with van der Waals surface area (Å²) in [5.74, 6) is 1.81. The molecule has 0 saturated carbocycles. The number of hydrogen-bond donors (Lipinski definition) is 0. The number of methoxy groups -OCH3 is 3. The van der Waals surface area contributed by atoms with Crippen molar-refractivity contribution in [3.63, 3.8) is 0 Å². The van der Waals surface area contributed by atoms with Crippen molar-refractivity contribution in [3.05, 3.63) is 53.1 Å². The van der Waals surface area contributed by atoms with Gasteiger partial charge in [-0.15, -0.1) is 0 Å². The van der Waals surface area contributed by atoms with Gasteiger partial charge in [-0.2, -0.15) is 0 Å². The van der Waals surface area contributed by atoms with Gasteiger partial charge in [0.25, 0.3) is 0 Å². The summed E-state index contributed by atoms with van der Waals surface area (Å²) in [6.45, 7) is 1.69. The number of oxime groups is 1. The second kappa shape index (κ2) is 8.73. The van der Waals surface area contributed by atoms with Crippen molar-refractivity contribution in [1.29, 1.82) is 0 Å². The smallest absolute Gasteiger partial charge is 0.169 e. The first-order valence-corrected chi connectivity index (χ1v) is 7.64. The van der Waals surface area contributed by atoms with E-state index in [-0.39, 0.29) is 12.4 Å². The molecule has 25 heavy (non-hydrogen) atoms. The first-order valence-electron chi connectivity index (χ1n) is 7.64. The maximum absolute atomic E-state index is 11.5. The molecule has 0 bridgehead atoms. The van der Waals surface area contributed by atoms with Crippen LogP contribution in [0.25, 0.3) is 0 Å². The van der Waals surface area contributed by atoms with Gasteiger partial charge in [0.15, 0.2) is 17.3 Å². The molecule has 0 radical (unpaired) electrons. The number of benzene rings is 2. The van der Waals surface area contributed by atoms with E-state index in [4.69, 9.17) is 19.0 Å². The highest BCUT2D eigenvalue weighted by Gasteiger charge is 2.09. The minimum atomic E-state index is -0.0199. The lowest BCUT2D eigenvalue weighted by molar-refractivity contribution is 0.101. The molecule has 2 aromatic rings. The van der Waals surface area contributed by atoms with Gasteiger partial charge in [0.05, 0.1) is 27.5 Å². The fourth-order valence-corrected chi connectivity index (χ4v) is 2.32. The lowest BCUT2D eigenvalue weighted by Gasteiger charge is -2.10. The van der Waals surface area contributed by atoms with Crippen LogP contribution in [0.2, 0.25) is 0 Å². The highest BCUT2D eigenvalue weighted by Crippen LogP contribution is 2.29. The third-order valence-corrected chi connectivity index (χ3v) is 3.61. The average molecular weight is 343 g/mol. The molecule has 2 aromatic carbocycles. The number of carbonyl (C=O) groups is 1. The van der Waals surface area contributed by atoms with Gasteiger partial charge in [-0.3, -0.25) is 4.79 Å². The van der Waals surface area contributed by atoms with E-state index in [1.807, 2.05) is 12.1 Å². The van der Waals surface area contributed by atoms with Crippen molar-refractivity contribution < 1.29 is 23.8 Å². The molecular weight excluding hydrogens is 322 g/mol. The molecule has 6 nitrogen and oxygen atoms in total. The second-order valence-electron chi connectivity index (χ2n) is 5.17. The van der Waals surface area contributed by atoms with Crippen LogP contribution in [-0.2, 0) is 11.4 Å². The van der Waals surface area contributed by atoms with Crippen molar-refractivity contribution >= 4 is 12.0 Å². The number of nitrogens with zero attached hydrogens (tertiary/aromatic N) is 1. The summed E-state index contributed by atoms with van der Waals surface area (Å²) in [4.78, 5) is 16.9. The van der Waals surface area contributed by atoms with Crippen molar-refractivity contribution in [2.45, 2.75) is 13.5 Å². The molecular formula is C19H21NO5. The quantitative estimate of drug-likeness (QED) is 0.417. The van der Waals surface area contributed by atoms with Crippen molar-refractivity contribution in [2.75, 3.05) is 21.3 Å². The summed E-state index contributed by atoms with van der Waals surface area (Å²) >= 11 is 0. The molecule has 0 heterocycles. The fourth-order valence-electron chi connectivity index (χ4n) is 2.32. The first-order chi connectivity index (χ1) is 12.1. The summed E-state index contributed by atoms with van der Waals surface area (Å²) < 4.78 is 15.9. The number of hydrogen-bond acceptors (Lipinski definition) is 6. The Morgan fingerprint density at radius 3 is 2.44 bits per heavy atom. The van der Waals surface area contributed by atoms with Gasteiger partial charge < -0.3 is 19.0 Å². The molecule has 6 heteroatoms. The van der Waals surface area contributed by atoms with Gasteiger partial charge in [-0.05, 0) is 37.3 Å². The van der Waals surface area contributed by atoms with Crippen LogP contribution in [-0.4, -0.2) is 33.3 Å². The predicted molar refractivity (Wildman–Crippen MR) is 94.9 cm³/mol. The van der Waals surface area contributed by atoms with Crippen molar-refractivity contribution in [2.24, 2.45) is 5.16 Å².